The predicted molar refractivity (Wildman–Crippen MR) is 403 cm³/mol. The van der Waals surface area contributed by atoms with Gasteiger partial charge in [0, 0.05) is 6.42 Å². The lowest BCUT2D eigenvalue weighted by atomic mass is 10.0. The fourth-order valence-electron chi connectivity index (χ4n) is 9.87. The summed E-state index contributed by atoms with van der Waals surface area (Å²) in [5.41, 5.74) is 0. The highest BCUT2D eigenvalue weighted by atomic mass is 31.2. The Hall–Kier alpha value is -4.40. The molecule has 1 amide bonds. The van der Waals surface area contributed by atoms with Crippen molar-refractivity contribution in [2.45, 2.75) is 296 Å². The highest BCUT2D eigenvalue weighted by molar-refractivity contribution is 7.45. The molecule has 0 radical (unpaired) electrons. The minimum atomic E-state index is -4.64. The van der Waals surface area contributed by atoms with Crippen LogP contribution in [0.3, 0.4) is 0 Å². The van der Waals surface area contributed by atoms with Crippen LogP contribution in [-0.4, -0.2) is 68.5 Å². The molecule has 0 bridgehead atoms. The van der Waals surface area contributed by atoms with Gasteiger partial charge in [-0.2, -0.15) is 0 Å². The van der Waals surface area contributed by atoms with Crippen molar-refractivity contribution in [1.29, 1.82) is 0 Å². The molecule has 3 unspecified atom stereocenters. The van der Waals surface area contributed by atoms with E-state index >= 15 is 0 Å². The van der Waals surface area contributed by atoms with Crippen LogP contribution in [0.2, 0.25) is 0 Å². The van der Waals surface area contributed by atoms with Crippen molar-refractivity contribution in [3.8, 4) is 0 Å². The molecule has 0 aromatic rings. The van der Waals surface area contributed by atoms with Gasteiger partial charge in [-0.1, -0.05) is 325 Å². The molecule has 8 nitrogen and oxygen atoms in total. The number of phosphoric acid groups is 1. The number of hydrogen-bond donors (Lipinski definition) is 2. The van der Waals surface area contributed by atoms with Crippen LogP contribution in [0.25, 0.3) is 0 Å². The third kappa shape index (κ3) is 73.0. The third-order valence-electron chi connectivity index (χ3n) is 15.6. The van der Waals surface area contributed by atoms with Gasteiger partial charge in [-0.15, -0.1) is 0 Å². The standard InChI is InChI=1S/C83H139N2O6P/c1-6-8-10-12-14-16-18-20-22-24-26-28-30-32-34-36-37-38-39-40-41-42-43-44-45-46-47-49-51-53-55-57-59-61-63-65-67-69-71-73-75-77-83(87)84-81(80-91-92(88,89)90-79-78-85(3,4)5)82(86)76-74-72-70-68-66-64-62-60-58-56-54-52-50-48-35-33-31-29-27-25-23-21-19-17-15-13-11-9-7-2/h8,10,14,16,20,22,26,28,32,34,37-38,40-41,43-44,46-47,51,53,57-60,63,65-66,68,74,76,81-82,86H,6-7,9,11-13,15,17-19,21,23-25,27,29-31,33,35-36,39,42,45,48-50,52,54-56,61-62,64,67,69-73,75,77-80H2,1-5H3,(H-,84,87,88,89)/b10-8-,16-14-,22-20-,28-26-,34-32-,38-37-,41-40-,44-43-,47-46-,53-51-,59-57-,60-58+,65-63-,68-66+,76-74+. The van der Waals surface area contributed by atoms with E-state index in [4.69, 9.17) is 9.05 Å². The maximum atomic E-state index is 13.0. The molecule has 0 spiro atoms. The van der Waals surface area contributed by atoms with Gasteiger partial charge < -0.3 is 28.8 Å². The smallest absolute Gasteiger partial charge is 0.268 e. The molecular formula is C83H139N2O6P. The van der Waals surface area contributed by atoms with Crippen LogP contribution in [0.4, 0.5) is 0 Å². The summed E-state index contributed by atoms with van der Waals surface area (Å²) in [4.78, 5) is 25.6. The second-order valence-electron chi connectivity index (χ2n) is 25.5. The number of phosphoric ester groups is 1. The zero-order valence-electron chi connectivity index (χ0n) is 59.7. The minimum absolute atomic E-state index is 0.0240. The van der Waals surface area contributed by atoms with Gasteiger partial charge in [0.25, 0.3) is 7.82 Å². The Bertz CT molecular complexity index is 2160. The average Bonchev–Trinajstić information content (AvgIpc) is 2.63. The summed E-state index contributed by atoms with van der Waals surface area (Å²) in [6, 6.07) is -0.940. The second-order valence-corrected chi connectivity index (χ2v) is 27.0. The largest absolute Gasteiger partial charge is 0.756 e. The molecule has 0 aromatic heterocycles. The van der Waals surface area contributed by atoms with Crippen LogP contribution in [0.15, 0.2) is 182 Å². The number of carbonyl (C=O) groups excluding carboxylic acids is 1. The molecule has 0 heterocycles. The molecule has 0 saturated carbocycles. The van der Waals surface area contributed by atoms with Crippen molar-refractivity contribution >= 4 is 13.7 Å². The van der Waals surface area contributed by atoms with Crippen LogP contribution in [0, 0.1) is 0 Å². The normalized spacial score (nSPS) is 14.6. The van der Waals surface area contributed by atoms with Crippen molar-refractivity contribution in [3.63, 3.8) is 0 Å². The van der Waals surface area contributed by atoms with Gasteiger partial charge in [-0.3, -0.25) is 9.36 Å². The van der Waals surface area contributed by atoms with Crippen LogP contribution in [0.1, 0.15) is 284 Å². The first-order valence-corrected chi connectivity index (χ1v) is 38.6. The monoisotopic (exact) mass is 1290 g/mol. The highest BCUT2D eigenvalue weighted by Gasteiger charge is 2.23. The molecule has 0 aliphatic rings. The van der Waals surface area contributed by atoms with Gasteiger partial charge in [0.05, 0.1) is 39.9 Å². The van der Waals surface area contributed by atoms with E-state index in [1.54, 1.807) is 6.08 Å². The number of allylic oxidation sites excluding steroid dienone is 29. The Labute approximate surface area is 567 Å². The summed E-state index contributed by atoms with van der Waals surface area (Å²) < 4.78 is 23.4. The topological polar surface area (TPSA) is 108 Å². The van der Waals surface area contributed by atoms with Crippen LogP contribution >= 0.6 is 7.82 Å². The Morgan fingerprint density at radius 1 is 0.391 bits per heavy atom. The van der Waals surface area contributed by atoms with Gasteiger partial charge in [0.15, 0.2) is 0 Å². The van der Waals surface area contributed by atoms with Gasteiger partial charge in [-0.25, -0.2) is 0 Å². The Morgan fingerprint density at radius 2 is 0.674 bits per heavy atom. The van der Waals surface area contributed by atoms with E-state index in [2.05, 4.69) is 189 Å². The van der Waals surface area contributed by atoms with E-state index < -0.39 is 26.6 Å². The van der Waals surface area contributed by atoms with Crippen molar-refractivity contribution in [2.24, 2.45) is 0 Å². The summed E-state index contributed by atoms with van der Waals surface area (Å²) in [7, 11) is 1.19. The molecule has 92 heavy (non-hydrogen) atoms. The zero-order chi connectivity index (χ0) is 66.9. The molecule has 0 saturated heterocycles. The van der Waals surface area contributed by atoms with E-state index in [-0.39, 0.29) is 18.9 Å². The Morgan fingerprint density at radius 3 is 1.01 bits per heavy atom. The second kappa shape index (κ2) is 70.9. The van der Waals surface area contributed by atoms with Gasteiger partial charge >= 0.3 is 0 Å². The molecule has 0 aliphatic carbocycles. The first kappa shape index (κ1) is 87.6. The maximum Gasteiger partial charge on any atom is 0.268 e. The number of nitrogens with one attached hydrogen (secondary N) is 1. The molecule has 9 heteroatoms. The number of carbonyl (C=O) groups is 1. The maximum absolute atomic E-state index is 13.0. The average molecular weight is 1290 g/mol. The lowest BCUT2D eigenvalue weighted by molar-refractivity contribution is -0.870. The van der Waals surface area contributed by atoms with E-state index in [1.165, 1.54) is 128 Å². The summed E-state index contributed by atoms with van der Waals surface area (Å²) >= 11 is 0. The third-order valence-corrected chi connectivity index (χ3v) is 16.5. The van der Waals surface area contributed by atoms with Gasteiger partial charge in [0.1, 0.15) is 13.2 Å². The lowest BCUT2D eigenvalue weighted by Gasteiger charge is -2.29. The molecule has 0 aromatic carbocycles. The first-order chi connectivity index (χ1) is 45.0. The molecule has 0 rings (SSSR count). The number of rotatable bonds is 66. The van der Waals surface area contributed by atoms with Crippen LogP contribution < -0.4 is 10.2 Å². The predicted octanol–water partition coefficient (Wildman–Crippen LogP) is 23.8. The summed E-state index contributed by atoms with van der Waals surface area (Å²) in [6.45, 7) is 4.49. The Kier molecular flexibility index (Phi) is 67.5. The fraction of sp³-hybridized carbons (Fsp3) is 0.627. The number of nitrogens with zero attached hydrogens (tertiary/aromatic N) is 1. The molecule has 0 fully saturated rings. The van der Waals surface area contributed by atoms with E-state index in [0.717, 1.165) is 122 Å². The van der Waals surface area contributed by atoms with Crippen molar-refractivity contribution in [3.05, 3.63) is 182 Å². The molecule has 522 valence electrons. The van der Waals surface area contributed by atoms with E-state index in [0.29, 0.717) is 23.9 Å². The summed E-state index contributed by atoms with van der Waals surface area (Å²) in [6.07, 6.45) is 113. The number of unbranched alkanes of at least 4 members (excludes halogenated alkanes) is 25. The number of aliphatic hydroxyl groups is 1. The molecular weight excluding hydrogens is 1150 g/mol. The number of aliphatic hydroxyl groups excluding tert-OH is 1. The number of quaternary nitrogens is 1. The lowest BCUT2D eigenvalue weighted by Crippen LogP contribution is -2.45. The van der Waals surface area contributed by atoms with Gasteiger partial charge in [-0.05, 0) is 135 Å². The fourth-order valence-corrected chi connectivity index (χ4v) is 10.6. The first-order valence-electron chi connectivity index (χ1n) is 37.1. The molecule has 0 aliphatic heterocycles. The number of likely N-dealkylation sites (N-methyl/N-ethyl adjacent to an activating group) is 1. The zero-order valence-corrected chi connectivity index (χ0v) is 60.6. The Balaban J connectivity index is 4.24. The van der Waals surface area contributed by atoms with Crippen LogP contribution in [0.5, 0.6) is 0 Å². The van der Waals surface area contributed by atoms with Gasteiger partial charge in [0.2, 0.25) is 5.91 Å². The van der Waals surface area contributed by atoms with Crippen molar-refractivity contribution < 1.29 is 32.9 Å². The van der Waals surface area contributed by atoms with E-state index in [9.17, 15) is 19.4 Å². The van der Waals surface area contributed by atoms with Crippen molar-refractivity contribution in [2.75, 3.05) is 40.9 Å². The SMILES string of the molecule is CC/C=C\C/C=C\C/C=C\C/C=C\C/C=C\C/C=C\C/C=C\C/C=C\C/C=C\C/C=C\C/C=C\C/C=C\CCCCCCC(=O)NC(COP(=O)([O-])OCC[N+](C)(C)C)C(O)/C=C/CC/C=C/CC/C=C/CCCCCCCCCCCCCCCCCCCCC. The molecule has 3 atom stereocenters. The van der Waals surface area contributed by atoms with E-state index in [1.807, 2.05) is 27.2 Å². The quantitative estimate of drug-likeness (QED) is 0.0272. The minimum Gasteiger partial charge on any atom is -0.756 e. The molecule has 2 N–H and O–H groups in total. The van der Waals surface area contributed by atoms with Crippen LogP contribution in [-0.2, 0) is 18.4 Å². The summed E-state index contributed by atoms with van der Waals surface area (Å²) in [5.74, 6) is -0.241. The number of amides is 1. The highest BCUT2D eigenvalue weighted by Crippen LogP contribution is 2.38. The van der Waals surface area contributed by atoms with Crippen molar-refractivity contribution in [1.82, 2.24) is 5.32 Å². The summed E-state index contributed by atoms with van der Waals surface area (Å²) in [5, 5.41) is 13.9. The number of hydrogen-bond acceptors (Lipinski definition) is 6.